The smallest absolute Gasteiger partial charge is 0.358 e. The molecule has 2 atom stereocenters. The van der Waals surface area contributed by atoms with Gasteiger partial charge in [0.1, 0.15) is 12.3 Å². The summed E-state index contributed by atoms with van der Waals surface area (Å²) in [5, 5.41) is 14.4. The van der Waals surface area contributed by atoms with Gasteiger partial charge in [-0.1, -0.05) is 6.07 Å². The average Bonchev–Trinajstić information content (AvgIpc) is 2.95. The van der Waals surface area contributed by atoms with E-state index in [0.717, 1.165) is 15.7 Å². The van der Waals surface area contributed by atoms with Crippen LogP contribution in [0.15, 0.2) is 24.3 Å². The van der Waals surface area contributed by atoms with Gasteiger partial charge in [0.05, 0.1) is 19.0 Å². The SMILES string of the molecule is CN(C)c1cccc(C(=O)NN2CCC(=O)N3CCCC(C(=O)NC(C=O)CC(=O)O)N3C2=O)c1. The van der Waals surface area contributed by atoms with E-state index in [0.29, 0.717) is 18.3 Å². The van der Waals surface area contributed by atoms with Crippen LogP contribution in [0.1, 0.15) is 36.0 Å². The van der Waals surface area contributed by atoms with Crippen molar-refractivity contribution in [2.75, 3.05) is 32.1 Å². The van der Waals surface area contributed by atoms with E-state index in [1.165, 1.54) is 5.01 Å². The van der Waals surface area contributed by atoms with Crippen molar-refractivity contribution >= 4 is 41.7 Å². The van der Waals surface area contributed by atoms with Gasteiger partial charge in [0.2, 0.25) is 11.8 Å². The number of aldehydes is 1. The number of aliphatic carboxylic acids is 1. The van der Waals surface area contributed by atoms with Gasteiger partial charge in [-0.3, -0.25) is 24.6 Å². The second-order valence-electron chi connectivity index (χ2n) is 8.44. The molecule has 0 radical (unpaired) electrons. The fourth-order valence-corrected chi connectivity index (χ4v) is 3.93. The van der Waals surface area contributed by atoms with Gasteiger partial charge in [0.25, 0.3) is 5.91 Å². The molecule has 3 rings (SSSR count). The summed E-state index contributed by atoms with van der Waals surface area (Å²) in [7, 11) is 3.64. The Labute approximate surface area is 201 Å². The number of fused-ring (bicyclic) bond motifs is 1. The Balaban J connectivity index is 1.81. The highest BCUT2D eigenvalue weighted by Gasteiger charge is 2.44. The monoisotopic (exact) mass is 488 g/mol. The zero-order valence-electron chi connectivity index (χ0n) is 19.5. The Bertz CT molecular complexity index is 1030. The van der Waals surface area contributed by atoms with E-state index < -0.39 is 48.2 Å². The minimum Gasteiger partial charge on any atom is -0.481 e. The van der Waals surface area contributed by atoms with Crippen molar-refractivity contribution in [3.63, 3.8) is 0 Å². The van der Waals surface area contributed by atoms with Crippen LogP contribution in [-0.2, 0) is 19.2 Å². The van der Waals surface area contributed by atoms with Crippen molar-refractivity contribution in [1.29, 1.82) is 0 Å². The highest BCUT2D eigenvalue weighted by Crippen LogP contribution is 2.24. The molecule has 5 amide bonds. The molecule has 0 bridgehead atoms. The highest BCUT2D eigenvalue weighted by atomic mass is 16.4. The Kier molecular flexibility index (Phi) is 7.89. The number of benzene rings is 1. The molecule has 13 nitrogen and oxygen atoms in total. The van der Waals surface area contributed by atoms with Gasteiger partial charge in [0, 0.05) is 38.3 Å². The van der Waals surface area contributed by atoms with Crippen LogP contribution in [0, 0.1) is 0 Å². The first kappa shape index (κ1) is 25.5. The van der Waals surface area contributed by atoms with Gasteiger partial charge >= 0.3 is 12.0 Å². The van der Waals surface area contributed by atoms with Crippen molar-refractivity contribution in [2.45, 2.75) is 37.8 Å². The van der Waals surface area contributed by atoms with Crippen LogP contribution in [0.5, 0.6) is 0 Å². The number of carbonyl (C=O) groups is 6. The predicted octanol–water partition coefficient (Wildman–Crippen LogP) is -0.410. The molecule has 2 aliphatic rings. The molecule has 1 aromatic rings. The molecule has 0 saturated carbocycles. The maximum absolute atomic E-state index is 13.4. The number of anilines is 1. The summed E-state index contributed by atoms with van der Waals surface area (Å²) in [6.07, 6.45) is 0.211. The summed E-state index contributed by atoms with van der Waals surface area (Å²) in [4.78, 5) is 75.9. The van der Waals surface area contributed by atoms with Gasteiger partial charge < -0.3 is 20.1 Å². The van der Waals surface area contributed by atoms with E-state index in [1.54, 1.807) is 18.2 Å². The van der Waals surface area contributed by atoms with Crippen molar-refractivity contribution in [1.82, 2.24) is 25.8 Å². The molecular formula is C22H28N6O7. The van der Waals surface area contributed by atoms with Crippen molar-refractivity contribution in [2.24, 2.45) is 0 Å². The number of hydrogen-bond acceptors (Lipinski definition) is 7. The van der Waals surface area contributed by atoms with Gasteiger partial charge in [0.15, 0.2) is 0 Å². The number of carboxylic acid groups (broad SMARTS) is 1. The normalized spacial score (nSPS) is 18.8. The lowest BCUT2D eigenvalue weighted by atomic mass is 10.1. The van der Waals surface area contributed by atoms with Crippen molar-refractivity contribution in [3.05, 3.63) is 29.8 Å². The molecule has 0 aliphatic carbocycles. The number of carbonyl (C=O) groups excluding carboxylic acids is 5. The van der Waals surface area contributed by atoms with Crippen LogP contribution >= 0.6 is 0 Å². The molecule has 3 N–H and O–H groups in total. The third kappa shape index (κ3) is 5.86. The minimum atomic E-state index is -1.28. The average molecular weight is 489 g/mol. The standard InChI is InChI=1S/C22H28N6O7/c1-25(2)16-6-3-5-14(11-16)20(33)24-26-10-8-18(30)27-9-4-7-17(28(27)22(26)35)21(34)23-15(13-29)12-19(31)32/h3,5-6,11,13,15,17H,4,7-10,12H2,1-2H3,(H,23,34)(H,24,33)(H,31,32). The Hall–Kier alpha value is -4.16. The molecule has 2 unspecified atom stereocenters. The number of rotatable bonds is 8. The van der Waals surface area contributed by atoms with Gasteiger partial charge in [-0.05, 0) is 31.0 Å². The van der Waals surface area contributed by atoms with Crippen LogP contribution in [0.25, 0.3) is 0 Å². The number of hydrogen-bond donors (Lipinski definition) is 3. The maximum atomic E-state index is 13.4. The summed E-state index contributed by atoms with van der Waals surface area (Å²) in [6.45, 7) is 0.0986. The molecule has 2 aliphatic heterocycles. The predicted molar refractivity (Wildman–Crippen MR) is 122 cm³/mol. The zero-order valence-corrected chi connectivity index (χ0v) is 19.5. The van der Waals surface area contributed by atoms with E-state index in [1.807, 2.05) is 25.1 Å². The molecule has 188 valence electrons. The molecular weight excluding hydrogens is 460 g/mol. The summed E-state index contributed by atoms with van der Waals surface area (Å²) in [5.74, 6) is -3.01. The quantitative estimate of drug-likeness (QED) is 0.416. The molecule has 0 spiro atoms. The Morgan fingerprint density at radius 2 is 1.97 bits per heavy atom. The fourth-order valence-electron chi connectivity index (χ4n) is 3.93. The lowest BCUT2D eigenvalue weighted by molar-refractivity contribution is -0.155. The van der Waals surface area contributed by atoms with Gasteiger partial charge in [-0.15, -0.1) is 0 Å². The van der Waals surface area contributed by atoms with Gasteiger partial charge in [-0.25, -0.2) is 19.8 Å². The van der Waals surface area contributed by atoms with Crippen molar-refractivity contribution < 1.29 is 33.9 Å². The van der Waals surface area contributed by atoms with E-state index in [2.05, 4.69) is 10.7 Å². The third-order valence-electron chi connectivity index (χ3n) is 5.72. The molecule has 2 heterocycles. The topological polar surface area (TPSA) is 160 Å². The zero-order chi connectivity index (χ0) is 25.7. The van der Waals surface area contributed by atoms with E-state index in [9.17, 15) is 28.8 Å². The number of amides is 5. The van der Waals surface area contributed by atoms with Crippen LogP contribution in [-0.4, -0.2) is 95.4 Å². The number of carboxylic acids is 1. The lowest BCUT2D eigenvalue weighted by Gasteiger charge is -2.42. The second-order valence-corrected chi connectivity index (χ2v) is 8.44. The Morgan fingerprint density at radius 3 is 2.63 bits per heavy atom. The summed E-state index contributed by atoms with van der Waals surface area (Å²) >= 11 is 0. The number of hydrazine groups is 2. The number of nitrogens with zero attached hydrogens (tertiary/aromatic N) is 4. The van der Waals surface area contributed by atoms with Crippen molar-refractivity contribution in [3.8, 4) is 0 Å². The van der Waals surface area contributed by atoms with Crippen LogP contribution in [0.3, 0.4) is 0 Å². The molecule has 2 fully saturated rings. The molecule has 35 heavy (non-hydrogen) atoms. The fraction of sp³-hybridized carbons (Fsp3) is 0.455. The summed E-state index contributed by atoms with van der Waals surface area (Å²) in [5.41, 5.74) is 3.60. The second kappa shape index (κ2) is 10.8. The Morgan fingerprint density at radius 1 is 1.23 bits per heavy atom. The maximum Gasteiger partial charge on any atom is 0.358 e. The number of urea groups is 1. The van der Waals surface area contributed by atoms with E-state index in [4.69, 9.17) is 5.11 Å². The summed E-state index contributed by atoms with van der Waals surface area (Å²) in [6, 6.07) is 3.52. The molecule has 0 aromatic heterocycles. The largest absolute Gasteiger partial charge is 0.481 e. The van der Waals surface area contributed by atoms with Crippen LogP contribution < -0.4 is 15.6 Å². The summed E-state index contributed by atoms with van der Waals surface area (Å²) < 4.78 is 0. The first-order valence-electron chi connectivity index (χ1n) is 11.1. The minimum absolute atomic E-state index is 0.0788. The number of nitrogens with one attached hydrogen (secondary N) is 2. The molecule has 13 heteroatoms. The van der Waals surface area contributed by atoms with Crippen LogP contribution in [0.2, 0.25) is 0 Å². The lowest BCUT2D eigenvalue weighted by Crippen LogP contribution is -2.64. The first-order valence-corrected chi connectivity index (χ1v) is 11.1. The molecule has 1 aromatic carbocycles. The third-order valence-corrected chi connectivity index (χ3v) is 5.72. The van der Waals surface area contributed by atoms with Crippen LogP contribution in [0.4, 0.5) is 10.5 Å². The first-order chi connectivity index (χ1) is 16.6. The van der Waals surface area contributed by atoms with Gasteiger partial charge in [-0.2, -0.15) is 0 Å². The highest BCUT2D eigenvalue weighted by molar-refractivity contribution is 5.97. The molecule has 2 saturated heterocycles. The van der Waals surface area contributed by atoms with E-state index in [-0.39, 0.29) is 25.9 Å². The van der Waals surface area contributed by atoms with E-state index >= 15 is 0 Å².